The van der Waals surface area contributed by atoms with E-state index in [1.54, 1.807) is 10.9 Å². The van der Waals surface area contributed by atoms with Crippen molar-refractivity contribution in [2.75, 3.05) is 0 Å². The molecule has 1 unspecified atom stereocenters. The van der Waals surface area contributed by atoms with Crippen molar-refractivity contribution in [2.45, 2.75) is 38.8 Å². The van der Waals surface area contributed by atoms with Crippen LogP contribution in [0.3, 0.4) is 0 Å². The number of aromatic nitrogens is 3. The highest BCUT2D eigenvalue weighted by Crippen LogP contribution is 1.98. The number of carbonyl (C=O) groups excluding carboxylic acids is 1. The number of nitrogens with two attached hydrogens (primary N) is 1. The third-order valence-corrected chi connectivity index (χ3v) is 2.31. The van der Waals surface area contributed by atoms with Gasteiger partial charge < -0.3 is 15.6 Å². The summed E-state index contributed by atoms with van der Waals surface area (Å²) in [6.45, 7) is 2.37. The monoisotopic (exact) mass is 225 g/mol. The van der Waals surface area contributed by atoms with Gasteiger partial charge in [0.05, 0.1) is 6.54 Å². The van der Waals surface area contributed by atoms with E-state index < -0.39 is 0 Å². The summed E-state index contributed by atoms with van der Waals surface area (Å²) in [6, 6.07) is 0.159. The Morgan fingerprint density at radius 3 is 3.00 bits per heavy atom. The van der Waals surface area contributed by atoms with Gasteiger partial charge in [0.15, 0.2) is 5.82 Å². The summed E-state index contributed by atoms with van der Waals surface area (Å²) in [6.07, 6.45) is 3.82. The van der Waals surface area contributed by atoms with Gasteiger partial charge in [0.2, 0.25) is 5.91 Å². The van der Waals surface area contributed by atoms with Crippen LogP contribution in [0.4, 0.5) is 0 Å². The quantitative estimate of drug-likeness (QED) is 0.710. The van der Waals surface area contributed by atoms with E-state index in [-0.39, 0.29) is 11.9 Å². The van der Waals surface area contributed by atoms with Gasteiger partial charge in [0.1, 0.15) is 6.33 Å². The Labute approximate surface area is 95.2 Å². The molecule has 1 atom stereocenters. The Morgan fingerprint density at radius 2 is 2.44 bits per heavy atom. The van der Waals surface area contributed by atoms with Gasteiger partial charge in [-0.15, -0.1) is 10.2 Å². The Bertz CT molecular complexity index is 334. The molecular weight excluding hydrogens is 206 g/mol. The van der Waals surface area contributed by atoms with E-state index in [9.17, 15) is 4.79 Å². The van der Waals surface area contributed by atoms with Gasteiger partial charge >= 0.3 is 0 Å². The normalized spacial score (nSPS) is 12.4. The van der Waals surface area contributed by atoms with Crippen molar-refractivity contribution in [2.24, 2.45) is 12.8 Å². The molecule has 0 saturated heterocycles. The summed E-state index contributed by atoms with van der Waals surface area (Å²) in [4.78, 5) is 11.4. The summed E-state index contributed by atoms with van der Waals surface area (Å²) in [5.74, 6) is 0.782. The van der Waals surface area contributed by atoms with E-state index in [0.29, 0.717) is 13.0 Å². The second-order valence-electron chi connectivity index (χ2n) is 4.00. The Hall–Kier alpha value is -1.43. The van der Waals surface area contributed by atoms with E-state index >= 15 is 0 Å². The number of aryl methyl sites for hydroxylation is 1. The average molecular weight is 225 g/mol. The van der Waals surface area contributed by atoms with Crippen LogP contribution in [0.25, 0.3) is 0 Å². The highest BCUT2D eigenvalue weighted by atomic mass is 16.1. The molecule has 0 spiro atoms. The van der Waals surface area contributed by atoms with Gasteiger partial charge in [-0.3, -0.25) is 4.79 Å². The first-order chi connectivity index (χ1) is 7.59. The minimum Gasteiger partial charge on any atom is -0.349 e. The highest BCUT2D eigenvalue weighted by molar-refractivity contribution is 5.75. The zero-order valence-electron chi connectivity index (χ0n) is 9.81. The minimum atomic E-state index is 0.0312. The maximum absolute atomic E-state index is 11.4. The maximum atomic E-state index is 11.4. The van der Waals surface area contributed by atoms with Crippen molar-refractivity contribution < 1.29 is 4.79 Å². The van der Waals surface area contributed by atoms with Gasteiger partial charge in [-0.2, -0.15) is 0 Å². The van der Waals surface area contributed by atoms with Crippen LogP contribution in [0.2, 0.25) is 0 Å². The van der Waals surface area contributed by atoms with Crippen molar-refractivity contribution in [3.8, 4) is 0 Å². The summed E-state index contributed by atoms with van der Waals surface area (Å²) in [5, 5.41) is 10.4. The number of hydrogen-bond donors (Lipinski definition) is 2. The zero-order valence-corrected chi connectivity index (χ0v) is 9.81. The standard InChI is InChI=1S/C10H19N5O/c1-8(11)4-3-5-10(16)12-6-9-14-13-7-15(9)2/h7-8H,3-6,11H2,1-2H3,(H,12,16). The molecule has 1 amide bonds. The molecule has 90 valence electrons. The first kappa shape index (κ1) is 12.6. The smallest absolute Gasteiger partial charge is 0.220 e. The number of hydrogen-bond acceptors (Lipinski definition) is 4. The van der Waals surface area contributed by atoms with Crippen LogP contribution in [0.5, 0.6) is 0 Å². The van der Waals surface area contributed by atoms with Crippen molar-refractivity contribution in [1.82, 2.24) is 20.1 Å². The molecule has 0 fully saturated rings. The molecule has 0 aliphatic rings. The SMILES string of the molecule is CC(N)CCCC(=O)NCc1nncn1C. The van der Waals surface area contributed by atoms with Crippen LogP contribution in [0, 0.1) is 0 Å². The van der Waals surface area contributed by atoms with Crippen LogP contribution in [-0.4, -0.2) is 26.7 Å². The lowest BCUT2D eigenvalue weighted by Gasteiger charge is -2.06. The largest absolute Gasteiger partial charge is 0.349 e. The lowest BCUT2D eigenvalue weighted by Crippen LogP contribution is -2.24. The van der Waals surface area contributed by atoms with E-state index in [1.165, 1.54) is 0 Å². The van der Waals surface area contributed by atoms with E-state index in [0.717, 1.165) is 18.7 Å². The van der Waals surface area contributed by atoms with Gasteiger partial charge in [0, 0.05) is 19.5 Å². The van der Waals surface area contributed by atoms with Gasteiger partial charge in [-0.1, -0.05) is 0 Å². The molecule has 0 bridgehead atoms. The second kappa shape index (κ2) is 6.22. The Balaban J connectivity index is 2.18. The summed E-state index contributed by atoms with van der Waals surface area (Å²) in [7, 11) is 1.84. The Kier molecular flexibility index (Phi) is 4.91. The van der Waals surface area contributed by atoms with Crippen LogP contribution in [0.15, 0.2) is 6.33 Å². The predicted octanol–water partition coefficient (Wildman–Crippen LogP) is -0.0512. The van der Waals surface area contributed by atoms with Crippen LogP contribution in [-0.2, 0) is 18.4 Å². The Morgan fingerprint density at radius 1 is 1.69 bits per heavy atom. The third-order valence-electron chi connectivity index (χ3n) is 2.31. The fourth-order valence-electron chi connectivity index (χ4n) is 1.32. The van der Waals surface area contributed by atoms with Gasteiger partial charge in [0.25, 0.3) is 0 Å². The number of nitrogens with zero attached hydrogens (tertiary/aromatic N) is 3. The summed E-state index contributed by atoms with van der Waals surface area (Å²) < 4.78 is 1.78. The highest BCUT2D eigenvalue weighted by Gasteiger charge is 2.05. The molecule has 0 aliphatic heterocycles. The number of rotatable bonds is 6. The van der Waals surface area contributed by atoms with E-state index in [4.69, 9.17) is 5.73 Å². The first-order valence-electron chi connectivity index (χ1n) is 5.44. The average Bonchev–Trinajstić information content (AvgIpc) is 2.60. The fourth-order valence-corrected chi connectivity index (χ4v) is 1.32. The van der Waals surface area contributed by atoms with Gasteiger partial charge in [-0.25, -0.2) is 0 Å². The summed E-state index contributed by atoms with van der Waals surface area (Å²) >= 11 is 0. The minimum absolute atomic E-state index is 0.0312. The van der Waals surface area contributed by atoms with Gasteiger partial charge in [-0.05, 0) is 19.8 Å². The van der Waals surface area contributed by atoms with E-state index in [1.807, 2.05) is 14.0 Å². The van der Waals surface area contributed by atoms with Crippen molar-refractivity contribution in [3.63, 3.8) is 0 Å². The maximum Gasteiger partial charge on any atom is 0.220 e. The predicted molar refractivity (Wildman–Crippen MR) is 60.4 cm³/mol. The van der Waals surface area contributed by atoms with Crippen LogP contribution >= 0.6 is 0 Å². The fraction of sp³-hybridized carbons (Fsp3) is 0.700. The molecule has 0 aromatic carbocycles. The molecule has 3 N–H and O–H groups in total. The van der Waals surface area contributed by atoms with E-state index in [2.05, 4.69) is 15.5 Å². The summed E-state index contributed by atoms with van der Waals surface area (Å²) in [5.41, 5.74) is 5.60. The number of nitrogens with one attached hydrogen (secondary N) is 1. The lowest BCUT2D eigenvalue weighted by atomic mass is 10.1. The van der Waals surface area contributed by atoms with Crippen LogP contribution < -0.4 is 11.1 Å². The lowest BCUT2D eigenvalue weighted by molar-refractivity contribution is -0.121. The third kappa shape index (κ3) is 4.39. The molecular formula is C10H19N5O. The molecule has 1 aromatic rings. The molecule has 0 radical (unpaired) electrons. The second-order valence-corrected chi connectivity index (χ2v) is 4.00. The molecule has 16 heavy (non-hydrogen) atoms. The molecule has 0 aliphatic carbocycles. The topological polar surface area (TPSA) is 85.8 Å². The molecule has 1 aromatic heterocycles. The zero-order chi connectivity index (χ0) is 12.0. The molecule has 0 saturated carbocycles. The molecule has 6 heteroatoms. The molecule has 1 heterocycles. The first-order valence-corrected chi connectivity index (χ1v) is 5.44. The molecule has 6 nitrogen and oxygen atoms in total. The number of amides is 1. The van der Waals surface area contributed by atoms with Crippen molar-refractivity contribution in [3.05, 3.63) is 12.2 Å². The van der Waals surface area contributed by atoms with Crippen molar-refractivity contribution >= 4 is 5.91 Å². The molecule has 1 rings (SSSR count). The van der Waals surface area contributed by atoms with Crippen molar-refractivity contribution in [1.29, 1.82) is 0 Å². The van der Waals surface area contributed by atoms with Crippen LogP contribution in [0.1, 0.15) is 32.0 Å². The number of carbonyl (C=O) groups is 1.